The lowest BCUT2D eigenvalue weighted by molar-refractivity contribution is -0.138. The van der Waals surface area contributed by atoms with Crippen molar-refractivity contribution < 1.29 is 9.18 Å². The lowest BCUT2D eigenvalue weighted by Crippen LogP contribution is -2.41. The molecule has 2 N–H and O–H groups in total. The molecule has 8 heteroatoms. The first-order valence-electron chi connectivity index (χ1n) is 9.06. The van der Waals surface area contributed by atoms with E-state index in [1.165, 1.54) is 6.33 Å². The highest BCUT2D eigenvalue weighted by Crippen LogP contribution is 2.32. The zero-order valence-corrected chi connectivity index (χ0v) is 14.8. The minimum absolute atomic E-state index is 0.0277. The van der Waals surface area contributed by atoms with Crippen molar-refractivity contribution >= 4 is 23.8 Å². The van der Waals surface area contributed by atoms with Crippen LogP contribution in [-0.2, 0) is 4.79 Å². The number of piperidine rings is 1. The molecule has 0 aliphatic carbocycles. The van der Waals surface area contributed by atoms with Crippen molar-refractivity contribution in [2.45, 2.75) is 25.3 Å². The molecule has 0 spiro atoms. The number of aromatic nitrogens is 2. The lowest BCUT2D eigenvalue weighted by Gasteiger charge is -2.34. The van der Waals surface area contributed by atoms with E-state index in [4.69, 9.17) is 5.73 Å². The van der Waals surface area contributed by atoms with Crippen molar-refractivity contribution in [1.82, 2.24) is 15.0 Å². The van der Waals surface area contributed by atoms with Gasteiger partial charge in [-0.3, -0.25) is 4.79 Å². The quantitative estimate of drug-likeness (QED) is 0.899. The molecular formula is C19H21FN6O. The van der Waals surface area contributed by atoms with Crippen molar-refractivity contribution in [1.29, 1.82) is 0 Å². The van der Waals surface area contributed by atoms with Gasteiger partial charge in [0.2, 0.25) is 11.7 Å². The number of nitrogen functional groups attached to an aromatic ring is 1. The summed E-state index contributed by atoms with van der Waals surface area (Å²) in [5, 5.41) is 5.93. The molecule has 1 saturated heterocycles. The fraction of sp³-hybridized carbons (Fsp3) is 0.368. The van der Waals surface area contributed by atoms with Crippen LogP contribution in [0.1, 0.15) is 30.9 Å². The van der Waals surface area contributed by atoms with Crippen LogP contribution in [0.15, 0.2) is 41.8 Å². The van der Waals surface area contributed by atoms with Crippen molar-refractivity contribution in [2.24, 2.45) is 11.0 Å². The summed E-state index contributed by atoms with van der Waals surface area (Å²) in [6.45, 7) is 1.08. The number of nitrogens with two attached hydrogens (primary N) is 1. The van der Waals surface area contributed by atoms with E-state index in [-0.39, 0.29) is 29.5 Å². The number of amides is 1. The SMILES string of the molecule is Nc1ncnc(N2CCC(C(=O)N3N=CC[C@H]3c3ccccc3)CC2)c1F. The predicted octanol–water partition coefficient (Wildman–Crippen LogP) is 2.37. The zero-order chi connectivity index (χ0) is 18.8. The van der Waals surface area contributed by atoms with Crippen LogP contribution in [0.4, 0.5) is 16.0 Å². The molecule has 0 radical (unpaired) electrons. The first kappa shape index (κ1) is 17.4. The van der Waals surface area contributed by atoms with Gasteiger partial charge in [0.25, 0.3) is 0 Å². The number of rotatable bonds is 3. The molecular weight excluding hydrogens is 347 g/mol. The number of benzene rings is 1. The first-order chi connectivity index (χ1) is 13.1. The van der Waals surface area contributed by atoms with Crippen LogP contribution < -0.4 is 10.6 Å². The minimum Gasteiger partial charge on any atom is -0.381 e. The van der Waals surface area contributed by atoms with Crippen LogP contribution >= 0.6 is 0 Å². The van der Waals surface area contributed by atoms with Gasteiger partial charge < -0.3 is 10.6 Å². The molecule has 1 atom stereocenters. The molecule has 140 valence electrons. The van der Waals surface area contributed by atoms with Gasteiger partial charge >= 0.3 is 0 Å². The normalized spacial score (nSPS) is 20.3. The first-order valence-corrected chi connectivity index (χ1v) is 9.06. The maximum absolute atomic E-state index is 14.1. The molecule has 2 aromatic rings. The molecule has 2 aliphatic rings. The highest BCUT2D eigenvalue weighted by Gasteiger charge is 2.35. The topological polar surface area (TPSA) is 87.7 Å². The second-order valence-electron chi connectivity index (χ2n) is 6.80. The van der Waals surface area contributed by atoms with Crippen molar-refractivity contribution in [3.8, 4) is 0 Å². The minimum atomic E-state index is -0.601. The second-order valence-corrected chi connectivity index (χ2v) is 6.80. The molecule has 0 unspecified atom stereocenters. The Kier molecular flexibility index (Phi) is 4.70. The summed E-state index contributed by atoms with van der Waals surface area (Å²) in [4.78, 5) is 22.5. The number of anilines is 2. The summed E-state index contributed by atoms with van der Waals surface area (Å²) in [6.07, 6.45) is 5.02. The standard InChI is InChI=1S/C19H21FN6O/c20-16-17(21)22-12-23-18(16)25-10-7-14(8-11-25)19(27)26-15(6-9-24-26)13-4-2-1-3-5-13/h1-5,9,12,14-15H,6-8,10-11H2,(H2,21,22,23)/t15-/m0/s1. The third-order valence-electron chi connectivity index (χ3n) is 5.18. The summed E-state index contributed by atoms with van der Waals surface area (Å²) in [5.74, 6) is -0.662. The average molecular weight is 368 g/mol. The highest BCUT2D eigenvalue weighted by molar-refractivity contribution is 5.82. The summed E-state index contributed by atoms with van der Waals surface area (Å²) in [6, 6.07) is 9.89. The van der Waals surface area contributed by atoms with E-state index in [9.17, 15) is 9.18 Å². The average Bonchev–Trinajstić information content (AvgIpc) is 3.20. The van der Waals surface area contributed by atoms with Crippen molar-refractivity contribution in [3.63, 3.8) is 0 Å². The van der Waals surface area contributed by atoms with Crippen LogP contribution in [0.5, 0.6) is 0 Å². The van der Waals surface area contributed by atoms with Crippen LogP contribution in [0.3, 0.4) is 0 Å². The van der Waals surface area contributed by atoms with E-state index in [0.717, 1.165) is 12.0 Å². The number of nitrogens with zero attached hydrogens (tertiary/aromatic N) is 5. The van der Waals surface area contributed by atoms with E-state index >= 15 is 0 Å². The lowest BCUT2D eigenvalue weighted by atomic mass is 9.94. The Hall–Kier alpha value is -3.03. The second kappa shape index (κ2) is 7.30. The predicted molar refractivity (Wildman–Crippen MR) is 100 cm³/mol. The van der Waals surface area contributed by atoms with Gasteiger partial charge in [-0.1, -0.05) is 30.3 Å². The van der Waals surface area contributed by atoms with E-state index < -0.39 is 5.82 Å². The summed E-state index contributed by atoms with van der Waals surface area (Å²) < 4.78 is 14.1. The van der Waals surface area contributed by atoms with E-state index in [2.05, 4.69) is 15.1 Å². The molecule has 0 bridgehead atoms. The Morgan fingerprint density at radius 2 is 1.89 bits per heavy atom. The molecule has 4 rings (SSSR count). The molecule has 1 aromatic heterocycles. The molecule has 1 fully saturated rings. The summed E-state index contributed by atoms with van der Waals surface area (Å²) >= 11 is 0. The van der Waals surface area contributed by atoms with Gasteiger partial charge in [0.15, 0.2) is 11.6 Å². The van der Waals surface area contributed by atoms with Crippen LogP contribution in [0.2, 0.25) is 0 Å². The van der Waals surface area contributed by atoms with Crippen molar-refractivity contribution in [3.05, 3.63) is 48.0 Å². The van der Waals surface area contributed by atoms with Crippen LogP contribution in [0, 0.1) is 11.7 Å². The van der Waals surface area contributed by atoms with Crippen molar-refractivity contribution in [2.75, 3.05) is 23.7 Å². The Morgan fingerprint density at radius 3 is 2.63 bits per heavy atom. The molecule has 2 aliphatic heterocycles. The van der Waals surface area contributed by atoms with Gasteiger partial charge in [-0.05, 0) is 18.4 Å². The Morgan fingerprint density at radius 1 is 1.15 bits per heavy atom. The number of carbonyl (C=O) groups excluding carboxylic acids is 1. The van der Waals surface area contributed by atoms with Gasteiger partial charge in [0.05, 0.1) is 6.04 Å². The molecule has 27 heavy (non-hydrogen) atoms. The third kappa shape index (κ3) is 3.34. The van der Waals surface area contributed by atoms with E-state index in [1.54, 1.807) is 11.2 Å². The summed E-state index contributed by atoms with van der Waals surface area (Å²) in [7, 11) is 0. The highest BCUT2D eigenvalue weighted by atomic mass is 19.1. The molecule has 1 aromatic carbocycles. The number of hydrazone groups is 1. The fourth-order valence-corrected chi connectivity index (χ4v) is 3.70. The van der Waals surface area contributed by atoms with Crippen LogP contribution in [-0.4, -0.2) is 40.2 Å². The largest absolute Gasteiger partial charge is 0.381 e. The molecule has 1 amide bonds. The monoisotopic (exact) mass is 368 g/mol. The van der Waals surface area contributed by atoms with Gasteiger partial charge in [-0.25, -0.2) is 15.0 Å². The molecule has 7 nitrogen and oxygen atoms in total. The zero-order valence-electron chi connectivity index (χ0n) is 14.8. The van der Waals surface area contributed by atoms with E-state index in [1.807, 2.05) is 35.2 Å². The maximum atomic E-state index is 14.1. The van der Waals surface area contributed by atoms with Crippen LogP contribution in [0.25, 0.3) is 0 Å². The Bertz CT molecular complexity index is 851. The summed E-state index contributed by atoms with van der Waals surface area (Å²) in [5.41, 5.74) is 6.61. The van der Waals surface area contributed by atoms with Gasteiger partial charge in [0.1, 0.15) is 6.33 Å². The number of halogens is 1. The van der Waals surface area contributed by atoms with Gasteiger partial charge in [0, 0.05) is 31.6 Å². The maximum Gasteiger partial charge on any atom is 0.246 e. The molecule has 0 saturated carbocycles. The van der Waals surface area contributed by atoms with E-state index in [0.29, 0.717) is 25.9 Å². The van der Waals surface area contributed by atoms with Gasteiger partial charge in [-0.2, -0.15) is 9.49 Å². The smallest absolute Gasteiger partial charge is 0.246 e. The third-order valence-corrected chi connectivity index (χ3v) is 5.18. The number of hydrogen-bond acceptors (Lipinski definition) is 6. The Labute approximate surface area is 156 Å². The van der Waals surface area contributed by atoms with Gasteiger partial charge in [-0.15, -0.1) is 0 Å². The molecule has 3 heterocycles. The fourth-order valence-electron chi connectivity index (χ4n) is 3.70. The number of carbonyl (C=O) groups is 1. The Balaban J connectivity index is 1.43. The number of hydrogen-bond donors (Lipinski definition) is 1.